The van der Waals surface area contributed by atoms with Crippen molar-refractivity contribution in [3.05, 3.63) is 33.3 Å². The van der Waals surface area contributed by atoms with Crippen molar-refractivity contribution >= 4 is 33.5 Å². The first kappa shape index (κ1) is 11.9. The number of nitrogens with one attached hydrogen (secondary N) is 1. The van der Waals surface area contributed by atoms with Crippen LogP contribution in [-0.4, -0.2) is 23.7 Å². The summed E-state index contributed by atoms with van der Waals surface area (Å²) in [7, 11) is 0. The van der Waals surface area contributed by atoms with Crippen molar-refractivity contribution in [1.29, 1.82) is 0 Å². The molecule has 0 spiro atoms. The monoisotopic (exact) mass is 303 g/mol. The first-order valence-electron chi connectivity index (χ1n) is 5.00. The van der Waals surface area contributed by atoms with Crippen LogP contribution in [0.15, 0.2) is 22.7 Å². The Balaban J connectivity index is 2.35. The molecule has 0 aromatic heterocycles. The number of carboxylic acid groups (broad SMARTS) is 1. The van der Waals surface area contributed by atoms with E-state index in [4.69, 9.17) is 16.7 Å². The van der Waals surface area contributed by atoms with E-state index < -0.39 is 12.0 Å². The molecule has 1 aromatic rings. The van der Waals surface area contributed by atoms with Gasteiger partial charge in [0, 0.05) is 15.4 Å². The molecule has 2 N–H and O–H groups in total. The highest BCUT2D eigenvalue weighted by Crippen LogP contribution is 2.34. The molecule has 0 saturated carbocycles. The van der Waals surface area contributed by atoms with Gasteiger partial charge < -0.3 is 10.4 Å². The van der Waals surface area contributed by atoms with Crippen molar-refractivity contribution in [2.24, 2.45) is 0 Å². The van der Waals surface area contributed by atoms with Gasteiger partial charge in [0.05, 0.1) is 0 Å². The van der Waals surface area contributed by atoms with Crippen molar-refractivity contribution in [2.45, 2.75) is 18.4 Å². The summed E-state index contributed by atoms with van der Waals surface area (Å²) in [6.45, 7) is 0.723. The second-order valence-electron chi connectivity index (χ2n) is 3.83. The molecule has 3 nitrogen and oxygen atoms in total. The van der Waals surface area contributed by atoms with Gasteiger partial charge in [0.15, 0.2) is 0 Å². The van der Waals surface area contributed by atoms with Gasteiger partial charge >= 0.3 is 5.97 Å². The van der Waals surface area contributed by atoms with Gasteiger partial charge in [0.1, 0.15) is 6.04 Å². The van der Waals surface area contributed by atoms with Crippen LogP contribution in [0.1, 0.15) is 17.9 Å². The fourth-order valence-electron chi connectivity index (χ4n) is 2.10. The molecule has 1 aromatic carbocycles. The molecular formula is C11H11BrClNO2. The smallest absolute Gasteiger partial charge is 0.321 e. The van der Waals surface area contributed by atoms with Crippen molar-refractivity contribution in [3.63, 3.8) is 0 Å². The quantitative estimate of drug-likeness (QED) is 0.883. The van der Waals surface area contributed by atoms with Crippen LogP contribution in [-0.2, 0) is 4.79 Å². The highest BCUT2D eigenvalue weighted by Gasteiger charge is 2.34. The van der Waals surface area contributed by atoms with Gasteiger partial charge in [0.2, 0.25) is 0 Å². The van der Waals surface area contributed by atoms with Gasteiger partial charge in [0.25, 0.3) is 0 Å². The average molecular weight is 305 g/mol. The van der Waals surface area contributed by atoms with E-state index >= 15 is 0 Å². The van der Waals surface area contributed by atoms with Crippen LogP contribution in [0.3, 0.4) is 0 Å². The topological polar surface area (TPSA) is 49.3 Å². The van der Waals surface area contributed by atoms with E-state index in [0.717, 1.165) is 23.0 Å². The molecular weight excluding hydrogens is 293 g/mol. The van der Waals surface area contributed by atoms with E-state index in [2.05, 4.69) is 21.2 Å². The number of halogens is 2. The van der Waals surface area contributed by atoms with Crippen LogP contribution < -0.4 is 5.32 Å². The summed E-state index contributed by atoms with van der Waals surface area (Å²) in [4.78, 5) is 11.1. The third-order valence-corrected chi connectivity index (χ3v) is 3.80. The second kappa shape index (κ2) is 4.73. The number of aliphatic carboxylic acids is 1. The molecule has 5 heteroatoms. The molecule has 0 radical (unpaired) electrons. The lowest BCUT2D eigenvalue weighted by atomic mass is 9.92. The minimum absolute atomic E-state index is 0.0226. The lowest BCUT2D eigenvalue weighted by Crippen LogP contribution is -2.34. The van der Waals surface area contributed by atoms with E-state index in [1.807, 2.05) is 12.1 Å². The van der Waals surface area contributed by atoms with Gasteiger partial charge in [-0.1, -0.05) is 27.5 Å². The third kappa shape index (κ3) is 2.24. The molecule has 0 amide bonds. The molecule has 1 fully saturated rings. The summed E-state index contributed by atoms with van der Waals surface area (Å²) in [5, 5.41) is 12.7. The molecule has 0 aliphatic carbocycles. The molecule has 86 valence electrons. The molecule has 1 aliphatic heterocycles. The van der Waals surface area contributed by atoms with Gasteiger partial charge in [-0.25, -0.2) is 0 Å². The lowest BCUT2D eigenvalue weighted by molar-refractivity contribution is -0.139. The highest BCUT2D eigenvalue weighted by atomic mass is 79.9. The summed E-state index contributed by atoms with van der Waals surface area (Å²) in [5.41, 5.74) is 0.963. The maximum absolute atomic E-state index is 11.1. The maximum atomic E-state index is 11.1. The van der Waals surface area contributed by atoms with Crippen LogP contribution in [0.25, 0.3) is 0 Å². The SMILES string of the molecule is O=C(O)C1NCCC1c1cc(Cl)ccc1Br. The average Bonchev–Trinajstić information content (AvgIpc) is 2.70. The number of hydrogen-bond acceptors (Lipinski definition) is 2. The number of carbonyl (C=O) groups is 1. The van der Waals surface area contributed by atoms with Crippen molar-refractivity contribution in [1.82, 2.24) is 5.32 Å². The number of rotatable bonds is 2. The van der Waals surface area contributed by atoms with Crippen LogP contribution in [0.2, 0.25) is 5.02 Å². The van der Waals surface area contributed by atoms with Gasteiger partial charge in [-0.2, -0.15) is 0 Å². The Kier molecular flexibility index (Phi) is 3.52. The lowest BCUT2D eigenvalue weighted by Gasteiger charge is -2.17. The Morgan fingerprint density at radius 1 is 1.56 bits per heavy atom. The van der Waals surface area contributed by atoms with Gasteiger partial charge in [-0.15, -0.1) is 0 Å². The molecule has 2 atom stereocenters. The first-order chi connectivity index (χ1) is 7.59. The van der Waals surface area contributed by atoms with E-state index in [1.54, 1.807) is 6.07 Å². The standard InChI is InChI=1S/C11H11BrClNO2/c12-9-2-1-6(13)5-8(9)7-3-4-14-10(7)11(15)16/h1-2,5,7,10,14H,3-4H2,(H,15,16). The Morgan fingerprint density at radius 2 is 2.31 bits per heavy atom. The summed E-state index contributed by atoms with van der Waals surface area (Å²) >= 11 is 9.37. The third-order valence-electron chi connectivity index (χ3n) is 2.85. The van der Waals surface area contributed by atoms with Gasteiger partial charge in [-0.05, 0) is 36.7 Å². The largest absolute Gasteiger partial charge is 0.480 e. The summed E-state index contributed by atoms with van der Waals surface area (Å²) in [6, 6.07) is 4.95. The molecule has 2 rings (SSSR count). The molecule has 2 unspecified atom stereocenters. The van der Waals surface area contributed by atoms with Crippen molar-refractivity contribution in [3.8, 4) is 0 Å². The summed E-state index contributed by atoms with van der Waals surface area (Å²) < 4.78 is 0.914. The van der Waals surface area contributed by atoms with Crippen LogP contribution >= 0.6 is 27.5 Å². The molecule has 1 saturated heterocycles. The number of benzene rings is 1. The molecule has 0 bridgehead atoms. The zero-order valence-corrected chi connectivity index (χ0v) is 10.8. The van der Waals surface area contributed by atoms with E-state index in [-0.39, 0.29) is 5.92 Å². The fourth-order valence-corrected chi connectivity index (χ4v) is 2.82. The normalized spacial score (nSPS) is 24.6. The van der Waals surface area contributed by atoms with E-state index in [1.165, 1.54) is 0 Å². The Hall–Kier alpha value is -0.580. The number of carboxylic acids is 1. The minimum Gasteiger partial charge on any atom is -0.480 e. The van der Waals surface area contributed by atoms with E-state index in [0.29, 0.717) is 5.02 Å². The van der Waals surface area contributed by atoms with Crippen molar-refractivity contribution < 1.29 is 9.90 Å². The fraction of sp³-hybridized carbons (Fsp3) is 0.364. The Bertz CT molecular complexity index is 424. The predicted molar refractivity (Wildman–Crippen MR) is 65.9 cm³/mol. The Morgan fingerprint density at radius 3 is 3.00 bits per heavy atom. The van der Waals surface area contributed by atoms with Crippen LogP contribution in [0.5, 0.6) is 0 Å². The molecule has 1 aliphatic rings. The maximum Gasteiger partial charge on any atom is 0.321 e. The molecule has 1 heterocycles. The zero-order chi connectivity index (χ0) is 11.7. The molecule has 16 heavy (non-hydrogen) atoms. The Labute approximate surface area is 107 Å². The highest BCUT2D eigenvalue weighted by molar-refractivity contribution is 9.10. The van der Waals surface area contributed by atoms with Crippen LogP contribution in [0, 0.1) is 0 Å². The van der Waals surface area contributed by atoms with E-state index in [9.17, 15) is 4.79 Å². The first-order valence-corrected chi connectivity index (χ1v) is 6.18. The number of hydrogen-bond donors (Lipinski definition) is 2. The second-order valence-corrected chi connectivity index (χ2v) is 5.12. The zero-order valence-electron chi connectivity index (χ0n) is 8.41. The van der Waals surface area contributed by atoms with Crippen LogP contribution in [0.4, 0.5) is 0 Å². The summed E-state index contributed by atoms with van der Waals surface area (Å²) in [5.74, 6) is -0.833. The predicted octanol–water partition coefficient (Wildman–Crippen LogP) is 2.63. The minimum atomic E-state index is -0.811. The van der Waals surface area contributed by atoms with Crippen molar-refractivity contribution in [2.75, 3.05) is 6.54 Å². The summed E-state index contributed by atoms with van der Waals surface area (Å²) in [6.07, 6.45) is 0.815. The van der Waals surface area contributed by atoms with Gasteiger partial charge in [-0.3, -0.25) is 4.79 Å².